The van der Waals surface area contributed by atoms with Gasteiger partial charge in [0, 0.05) is 29.4 Å². The molecule has 0 aliphatic heterocycles. The maximum absolute atomic E-state index is 13.3. The summed E-state index contributed by atoms with van der Waals surface area (Å²) in [5.74, 6) is -0.162. The smallest absolute Gasteiger partial charge is 0.383 e. The molecule has 2 amide bonds. The van der Waals surface area contributed by atoms with Crippen molar-refractivity contribution in [2.75, 3.05) is 16.4 Å². The molecule has 0 spiro atoms. The van der Waals surface area contributed by atoms with Gasteiger partial charge in [0.2, 0.25) is 0 Å². The molecular weight excluding hydrogens is 507 g/mol. The van der Waals surface area contributed by atoms with Crippen molar-refractivity contribution in [2.24, 2.45) is 0 Å². The van der Waals surface area contributed by atoms with Crippen molar-refractivity contribution in [3.63, 3.8) is 0 Å². The number of fused-ring (bicyclic) bond motifs is 2. The summed E-state index contributed by atoms with van der Waals surface area (Å²) < 4.78 is 52.0. The molecular formula is C23H18F3N9O3. The van der Waals surface area contributed by atoms with Gasteiger partial charge in [0.1, 0.15) is 28.7 Å². The van der Waals surface area contributed by atoms with Gasteiger partial charge in [0.15, 0.2) is 17.1 Å². The lowest BCUT2D eigenvalue weighted by Gasteiger charge is -2.14. The number of urea groups is 1. The molecule has 1 aromatic carbocycles. The molecule has 0 radical (unpaired) electrons. The zero-order valence-electron chi connectivity index (χ0n) is 19.4. The lowest BCUT2D eigenvalue weighted by atomic mass is 10.0. The van der Waals surface area contributed by atoms with Crippen molar-refractivity contribution in [3.8, 4) is 11.1 Å². The number of hydrogen-bond acceptors (Lipinski definition) is 9. The van der Waals surface area contributed by atoms with Crippen LogP contribution in [0.2, 0.25) is 0 Å². The Kier molecular flexibility index (Phi) is 4.54. The first-order chi connectivity index (χ1) is 18.2. The van der Waals surface area contributed by atoms with E-state index in [0.29, 0.717) is 34.0 Å². The Hall–Kier alpha value is -4.69. The molecule has 2 aliphatic rings. The molecule has 0 unspecified atom stereocenters. The number of nitrogens with zero attached hydrogens (tertiary/aromatic N) is 6. The van der Waals surface area contributed by atoms with Crippen LogP contribution in [0.15, 0.2) is 39.9 Å². The number of carbonyl (C=O) groups excluding carboxylic acids is 1. The Morgan fingerprint density at radius 2 is 1.87 bits per heavy atom. The van der Waals surface area contributed by atoms with E-state index >= 15 is 0 Å². The summed E-state index contributed by atoms with van der Waals surface area (Å²) in [4.78, 5) is 21.2. The number of benzene rings is 1. The van der Waals surface area contributed by atoms with Gasteiger partial charge < -0.3 is 20.1 Å². The van der Waals surface area contributed by atoms with E-state index < -0.39 is 17.6 Å². The number of aromatic nitrogens is 6. The highest BCUT2D eigenvalue weighted by Gasteiger charge is 2.66. The number of nitrogen functional groups attached to an aromatic ring is 1. The van der Waals surface area contributed by atoms with Crippen molar-refractivity contribution >= 4 is 45.4 Å². The van der Waals surface area contributed by atoms with Crippen LogP contribution in [0, 0.1) is 0 Å². The highest BCUT2D eigenvalue weighted by atomic mass is 19.4. The summed E-state index contributed by atoms with van der Waals surface area (Å²) >= 11 is 0. The Bertz CT molecular complexity index is 1730. The van der Waals surface area contributed by atoms with E-state index in [0.717, 1.165) is 24.5 Å². The summed E-state index contributed by atoms with van der Waals surface area (Å²) in [5, 5.41) is 17.2. The number of alkyl halides is 3. The number of amides is 2. The van der Waals surface area contributed by atoms with Crippen molar-refractivity contribution in [1.29, 1.82) is 0 Å². The van der Waals surface area contributed by atoms with Gasteiger partial charge in [-0.2, -0.15) is 13.2 Å². The Balaban J connectivity index is 1.18. The predicted molar refractivity (Wildman–Crippen MR) is 127 cm³/mol. The fraction of sp³-hybridized carbons (Fsp3) is 0.304. The molecule has 5 aromatic rings. The number of carbonyl (C=O) groups is 1. The minimum atomic E-state index is -4.46. The third-order valence-corrected chi connectivity index (χ3v) is 7.05. The second kappa shape index (κ2) is 7.66. The molecule has 2 fully saturated rings. The van der Waals surface area contributed by atoms with E-state index in [2.05, 4.69) is 40.6 Å². The molecule has 4 N–H and O–H groups in total. The van der Waals surface area contributed by atoms with Gasteiger partial charge in [0.05, 0.1) is 11.1 Å². The maximum atomic E-state index is 13.3. The molecule has 12 nitrogen and oxygen atoms in total. The lowest BCUT2D eigenvalue weighted by Crippen LogP contribution is -2.28. The van der Waals surface area contributed by atoms with Gasteiger partial charge in [0.25, 0.3) is 0 Å². The van der Waals surface area contributed by atoms with Gasteiger partial charge in [-0.25, -0.2) is 19.4 Å². The van der Waals surface area contributed by atoms with Gasteiger partial charge in [-0.1, -0.05) is 5.16 Å². The number of rotatable bonds is 5. The summed E-state index contributed by atoms with van der Waals surface area (Å²) in [7, 11) is 0. The van der Waals surface area contributed by atoms with Crippen LogP contribution in [0.4, 0.5) is 35.3 Å². The van der Waals surface area contributed by atoms with E-state index in [9.17, 15) is 18.0 Å². The van der Waals surface area contributed by atoms with Crippen LogP contribution in [-0.2, 0) is 5.41 Å². The Labute approximate surface area is 210 Å². The monoisotopic (exact) mass is 525 g/mol. The number of anilines is 3. The van der Waals surface area contributed by atoms with Crippen molar-refractivity contribution < 1.29 is 27.1 Å². The molecule has 4 heterocycles. The van der Waals surface area contributed by atoms with Crippen molar-refractivity contribution in [1.82, 2.24) is 30.0 Å². The quantitative estimate of drug-likeness (QED) is 0.293. The summed E-state index contributed by atoms with van der Waals surface area (Å²) in [6, 6.07) is 3.99. The average Bonchev–Trinajstić information content (AvgIpc) is 3.74. The molecule has 38 heavy (non-hydrogen) atoms. The first-order valence-corrected chi connectivity index (χ1v) is 11.7. The fourth-order valence-electron chi connectivity index (χ4n) is 4.75. The SMILES string of the molecule is Nc1ncnc2c1c(-c1ccc(NC(=O)Nc3cc(C4(C(F)(F)F)CC4)on3)c3nonc13)cn2C1CC1. The van der Waals surface area contributed by atoms with Crippen LogP contribution in [0.25, 0.3) is 33.2 Å². The maximum Gasteiger partial charge on any atom is 0.401 e. The van der Waals surface area contributed by atoms with Crippen LogP contribution < -0.4 is 16.4 Å². The summed E-state index contributed by atoms with van der Waals surface area (Å²) in [5.41, 5.74) is 7.17. The molecule has 0 saturated heterocycles. The second-order valence-electron chi connectivity index (χ2n) is 9.50. The van der Waals surface area contributed by atoms with Crippen LogP contribution in [-0.4, -0.2) is 42.2 Å². The second-order valence-corrected chi connectivity index (χ2v) is 9.50. The van der Waals surface area contributed by atoms with E-state index in [-0.39, 0.29) is 35.6 Å². The van der Waals surface area contributed by atoms with Gasteiger partial charge in [-0.15, -0.1) is 0 Å². The molecule has 15 heteroatoms. The van der Waals surface area contributed by atoms with Crippen LogP contribution in [0.5, 0.6) is 0 Å². The zero-order valence-corrected chi connectivity index (χ0v) is 19.4. The highest BCUT2D eigenvalue weighted by Crippen LogP contribution is 2.59. The molecule has 2 aliphatic carbocycles. The van der Waals surface area contributed by atoms with Crippen LogP contribution in [0.1, 0.15) is 37.5 Å². The van der Waals surface area contributed by atoms with E-state index in [4.69, 9.17) is 14.9 Å². The first-order valence-electron chi connectivity index (χ1n) is 11.7. The first kappa shape index (κ1) is 22.5. The standard InChI is InChI=1S/C23H18F3N9O3/c24-23(25,26)22(5-6-22)14-7-15(32-37-14)31-21(36)30-13-4-3-11(17-18(13)34-38-33-17)12-8-35(10-1-2-10)20-16(12)19(27)28-9-29-20/h3-4,7-10H,1-2,5-6H2,(H2,27,28,29)(H2,30,31,32,36). The topological polar surface area (TPSA) is 163 Å². The summed E-state index contributed by atoms with van der Waals surface area (Å²) in [6.07, 6.45) is 0.820. The van der Waals surface area contributed by atoms with Crippen LogP contribution >= 0.6 is 0 Å². The number of nitrogens with two attached hydrogens (primary N) is 1. The number of hydrogen-bond donors (Lipinski definition) is 3. The molecule has 0 bridgehead atoms. The molecule has 7 rings (SSSR count). The lowest BCUT2D eigenvalue weighted by molar-refractivity contribution is -0.165. The van der Waals surface area contributed by atoms with E-state index in [1.807, 2.05) is 6.20 Å². The predicted octanol–water partition coefficient (Wildman–Crippen LogP) is 4.78. The van der Waals surface area contributed by atoms with Gasteiger partial charge in [-0.05, 0) is 48.1 Å². The van der Waals surface area contributed by atoms with Crippen LogP contribution in [0.3, 0.4) is 0 Å². The molecule has 194 valence electrons. The fourth-order valence-corrected chi connectivity index (χ4v) is 4.75. The van der Waals surface area contributed by atoms with Gasteiger partial charge in [-0.3, -0.25) is 5.32 Å². The van der Waals surface area contributed by atoms with Crippen molar-refractivity contribution in [3.05, 3.63) is 36.5 Å². The molecule has 0 atom stereocenters. The summed E-state index contributed by atoms with van der Waals surface area (Å²) in [6.45, 7) is 0. The molecule has 4 aromatic heterocycles. The Morgan fingerprint density at radius 3 is 2.61 bits per heavy atom. The number of nitrogens with one attached hydrogen (secondary N) is 2. The number of halogens is 3. The normalized spacial score (nSPS) is 16.7. The van der Waals surface area contributed by atoms with Gasteiger partial charge >= 0.3 is 12.2 Å². The average molecular weight is 525 g/mol. The minimum absolute atomic E-state index is 0.0854. The van der Waals surface area contributed by atoms with E-state index in [1.54, 1.807) is 12.1 Å². The zero-order chi connectivity index (χ0) is 26.2. The minimum Gasteiger partial charge on any atom is -0.383 e. The largest absolute Gasteiger partial charge is 0.401 e. The third-order valence-electron chi connectivity index (χ3n) is 7.05. The Morgan fingerprint density at radius 1 is 1.08 bits per heavy atom. The third kappa shape index (κ3) is 3.38. The van der Waals surface area contributed by atoms with Crippen molar-refractivity contribution in [2.45, 2.75) is 43.3 Å². The molecule has 2 saturated carbocycles. The van der Waals surface area contributed by atoms with E-state index in [1.165, 1.54) is 6.33 Å². The highest BCUT2D eigenvalue weighted by molar-refractivity contribution is 6.10.